The van der Waals surface area contributed by atoms with E-state index in [4.69, 9.17) is 16.3 Å². The fourth-order valence-electron chi connectivity index (χ4n) is 1.88. The Balaban J connectivity index is 2.33. The zero-order chi connectivity index (χ0) is 13.9. The minimum absolute atomic E-state index is 0.0285. The number of para-hydroxylation sites is 1. The van der Waals surface area contributed by atoms with Crippen molar-refractivity contribution in [2.75, 3.05) is 0 Å². The highest BCUT2D eigenvalue weighted by Gasteiger charge is 2.18. The molecule has 19 heavy (non-hydrogen) atoms. The first-order valence-electron chi connectivity index (χ1n) is 6.30. The lowest BCUT2D eigenvalue weighted by atomic mass is 9.86. The number of aromatic nitrogens is 1. The molecule has 1 heterocycles. The van der Waals surface area contributed by atoms with E-state index in [1.165, 1.54) is 0 Å². The van der Waals surface area contributed by atoms with Gasteiger partial charge < -0.3 is 4.74 Å². The lowest BCUT2D eigenvalue weighted by molar-refractivity contribution is 0.439. The van der Waals surface area contributed by atoms with Crippen LogP contribution in [0.25, 0.3) is 0 Å². The number of rotatable bonds is 3. The third-order valence-corrected chi connectivity index (χ3v) is 3.10. The first-order valence-corrected chi connectivity index (χ1v) is 6.83. The van der Waals surface area contributed by atoms with Crippen molar-refractivity contribution in [3.05, 3.63) is 53.7 Å². The van der Waals surface area contributed by atoms with E-state index in [0.717, 1.165) is 17.0 Å². The Hall–Kier alpha value is -1.54. The quantitative estimate of drug-likeness (QED) is 0.743. The van der Waals surface area contributed by atoms with E-state index in [1.54, 1.807) is 0 Å². The van der Waals surface area contributed by atoms with Crippen molar-refractivity contribution in [3.63, 3.8) is 0 Å². The molecule has 0 aliphatic rings. The lowest BCUT2D eigenvalue weighted by Gasteiger charge is -2.22. The summed E-state index contributed by atoms with van der Waals surface area (Å²) in [5.41, 5.74) is 2.00. The maximum atomic E-state index is 5.91. The van der Waals surface area contributed by atoms with E-state index >= 15 is 0 Å². The van der Waals surface area contributed by atoms with Gasteiger partial charge >= 0.3 is 0 Å². The predicted octanol–water partition coefficient (Wildman–Crippen LogP) is 4.91. The van der Waals surface area contributed by atoms with Gasteiger partial charge in [-0.05, 0) is 17.5 Å². The topological polar surface area (TPSA) is 22.1 Å². The number of halogens is 1. The molecule has 0 aliphatic carbocycles. The summed E-state index contributed by atoms with van der Waals surface area (Å²) >= 11 is 5.79. The lowest BCUT2D eigenvalue weighted by Crippen LogP contribution is -2.12. The van der Waals surface area contributed by atoms with E-state index in [-0.39, 0.29) is 5.41 Å². The number of pyridine rings is 1. The highest BCUT2D eigenvalue weighted by atomic mass is 35.5. The summed E-state index contributed by atoms with van der Waals surface area (Å²) in [4.78, 5) is 4.36. The summed E-state index contributed by atoms with van der Waals surface area (Å²) in [5, 5.41) is 0. The number of alkyl halides is 1. The van der Waals surface area contributed by atoms with E-state index in [2.05, 4.69) is 31.8 Å². The summed E-state index contributed by atoms with van der Waals surface area (Å²) in [6, 6.07) is 13.7. The van der Waals surface area contributed by atoms with Crippen molar-refractivity contribution < 1.29 is 4.74 Å². The van der Waals surface area contributed by atoms with Crippen LogP contribution in [0.2, 0.25) is 0 Å². The second kappa shape index (κ2) is 5.62. The molecule has 0 saturated carbocycles. The maximum absolute atomic E-state index is 5.91. The Morgan fingerprint density at radius 2 is 1.79 bits per heavy atom. The Morgan fingerprint density at radius 3 is 2.47 bits per heavy atom. The summed E-state index contributed by atoms with van der Waals surface area (Å²) in [6.07, 6.45) is 0. The minimum atomic E-state index is 0.0285. The summed E-state index contributed by atoms with van der Waals surface area (Å²) in [7, 11) is 0. The van der Waals surface area contributed by atoms with Gasteiger partial charge in [0.15, 0.2) is 0 Å². The maximum Gasteiger partial charge on any atom is 0.219 e. The highest BCUT2D eigenvalue weighted by molar-refractivity contribution is 6.16. The van der Waals surface area contributed by atoms with Gasteiger partial charge in [-0.25, -0.2) is 4.98 Å². The summed E-state index contributed by atoms with van der Waals surface area (Å²) in [5.74, 6) is 1.81. The zero-order valence-electron chi connectivity index (χ0n) is 11.5. The largest absolute Gasteiger partial charge is 0.439 e. The second-order valence-electron chi connectivity index (χ2n) is 5.45. The smallest absolute Gasteiger partial charge is 0.219 e. The first-order chi connectivity index (χ1) is 9.00. The average Bonchev–Trinajstić information content (AvgIpc) is 2.38. The van der Waals surface area contributed by atoms with Crippen molar-refractivity contribution in [1.29, 1.82) is 0 Å². The van der Waals surface area contributed by atoms with Gasteiger partial charge in [-0.1, -0.05) is 45.0 Å². The standard InChI is InChI=1S/C16H18ClNO/c1-16(2,3)13-8-4-5-9-14(13)19-15-10-6-7-12(11-17)18-15/h4-10H,11H2,1-3H3. The molecule has 100 valence electrons. The van der Waals surface area contributed by atoms with Crippen LogP contribution >= 0.6 is 11.6 Å². The molecule has 0 fully saturated rings. The van der Waals surface area contributed by atoms with Crippen LogP contribution in [0, 0.1) is 0 Å². The number of hydrogen-bond acceptors (Lipinski definition) is 2. The van der Waals surface area contributed by atoms with Crippen LogP contribution in [0.15, 0.2) is 42.5 Å². The number of nitrogens with zero attached hydrogens (tertiary/aromatic N) is 1. The molecule has 2 rings (SSSR count). The Bertz CT molecular complexity index is 561. The summed E-state index contributed by atoms with van der Waals surface area (Å²) in [6.45, 7) is 6.49. The Morgan fingerprint density at radius 1 is 1.05 bits per heavy atom. The molecular formula is C16H18ClNO. The van der Waals surface area contributed by atoms with Gasteiger partial charge in [0.2, 0.25) is 5.88 Å². The first kappa shape index (κ1) is 13.9. The van der Waals surface area contributed by atoms with E-state index in [9.17, 15) is 0 Å². The third kappa shape index (κ3) is 3.48. The van der Waals surface area contributed by atoms with Crippen molar-refractivity contribution >= 4 is 11.6 Å². The molecule has 0 unspecified atom stereocenters. The van der Waals surface area contributed by atoms with Crippen molar-refractivity contribution in [1.82, 2.24) is 4.98 Å². The van der Waals surface area contributed by atoms with Gasteiger partial charge in [0.25, 0.3) is 0 Å². The van der Waals surface area contributed by atoms with Crippen molar-refractivity contribution in [3.8, 4) is 11.6 Å². The van der Waals surface area contributed by atoms with Gasteiger partial charge in [-0.2, -0.15) is 0 Å². The fourth-order valence-corrected chi connectivity index (χ4v) is 2.03. The van der Waals surface area contributed by atoms with Gasteiger partial charge in [0.1, 0.15) is 5.75 Å². The number of ether oxygens (including phenoxy) is 1. The van der Waals surface area contributed by atoms with Crippen LogP contribution in [0.4, 0.5) is 0 Å². The molecule has 1 aromatic heterocycles. The number of hydrogen-bond donors (Lipinski definition) is 0. The number of benzene rings is 1. The minimum Gasteiger partial charge on any atom is -0.439 e. The van der Waals surface area contributed by atoms with Gasteiger partial charge in [-0.3, -0.25) is 0 Å². The molecule has 0 N–H and O–H groups in total. The molecule has 0 atom stereocenters. The summed E-state index contributed by atoms with van der Waals surface area (Å²) < 4.78 is 5.91. The van der Waals surface area contributed by atoms with Crippen LogP contribution in [0.1, 0.15) is 32.0 Å². The molecule has 3 heteroatoms. The molecule has 0 aliphatic heterocycles. The highest BCUT2D eigenvalue weighted by Crippen LogP contribution is 2.33. The van der Waals surface area contributed by atoms with Gasteiger partial charge in [0.05, 0.1) is 11.6 Å². The van der Waals surface area contributed by atoms with Gasteiger partial charge in [0, 0.05) is 11.6 Å². The van der Waals surface area contributed by atoms with Crippen LogP contribution in [-0.2, 0) is 11.3 Å². The Kier molecular flexibility index (Phi) is 4.11. The van der Waals surface area contributed by atoms with E-state index < -0.39 is 0 Å². The van der Waals surface area contributed by atoms with Crippen LogP contribution in [0.5, 0.6) is 11.6 Å². The molecule has 0 bridgehead atoms. The van der Waals surface area contributed by atoms with E-state index in [1.807, 2.05) is 36.4 Å². The van der Waals surface area contributed by atoms with E-state index in [0.29, 0.717) is 11.8 Å². The molecule has 2 aromatic rings. The molecule has 0 saturated heterocycles. The van der Waals surface area contributed by atoms with Crippen LogP contribution < -0.4 is 4.74 Å². The third-order valence-electron chi connectivity index (χ3n) is 2.83. The molecular weight excluding hydrogens is 258 g/mol. The van der Waals surface area contributed by atoms with Crippen LogP contribution in [0.3, 0.4) is 0 Å². The molecule has 1 aromatic carbocycles. The SMILES string of the molecule is CC(C)(C)c1ccccc1Oc1cccc(CCl)n1. The van der Waals surface area contributed by atoms with Gasteiger partial charge in [-0.15, -0.1) is 11.6 Å². The van der Waals surface area contributed by atoms with Crippen LogP contribution in [-0.4, -0.2) is 4.98 Å². The van der Waals surface area contributed by atoms with Crippen molar-refractivity contribution in [2.24, 2.45) is 0 Å². The molecule has 0 radical (unpaired) electrons. The molecule has 0 amide bonds. The molecule has 2 nitrogen and oxygen atoms in total. The van der Waals surface area contributed by atoms with Crippen molar-refractivity contribution in [2.45, 2.75) is 32.1 Å². The monoisotopic (exact) mass is 275 g/mol. The second-order valence-corrected chi connectivity index (χ2v) is 5.72. The molecule has 0 spiro atoms. The Labute approximate surface area is 119 Å². The zero-order valence-corrected chi connectivity index (χ0v) is 12.2. The average molecular weight is 276 g/mol. The fraction of sp³-hybridized carbons (Fsp3) is 0.312. The predicted molar refractivity (Wildman–Crippen MR) is 79.0 cm³/mol. The normalized spacial score (nSPS) is 11.4.